The maximum Gasteiger partial charge on any atom is 0.251 e. The van der Waals surface area contributed by atoms with Crippen molar-refractivity contribution >= 4 is 48.4 Å². The molecule has 0 saturated carbocycles. The summed E-state index contributed by atoms with van der Waals surface area (Å²) in [5, 5.41) is 76.4. The molecule has 1 aliphatic carbocycles. The molecule has 0 saturated heterocycles. The van der Waals surface area contributed by atoms with E-state index in [9.17, 15) is 30.6 Å². The molecule has 0 heterocycles. The maximum atomic E-state index is 12.7. The molecular formula is C66H96O6Si6. The van der Waals surface area contributed by atoms with E-state index < -0.39 is 82.0 Å². The van der Waals surface area contributed by atoms with E-state index in [1.807, 2.05) is 0 Å². The molecule has 0 amide bonds. The van der Waals surface area contributed by atoms with E-state index in [0.717, 1.165) is 109 Å². The monoisotopic (exact) mass is 1150 g/mol. The minimum atomic E-state index is -2.51. The van der Waals surface area contributed by atoms with Crippen LogP contribution in [0.3, 0.4) is 0 Å². The van der Waals surface area contributed by atoms with E-state index in [1.165, 1.54) is 0 Å². The summed E-state index contributed by atoms with van der Waals surface area (Å²) in [6, 6.07) is 14.2. The predicted octanol–water partition coefficient (Wildman–Crippen LogP) is 10.7. The molecular weight excluding hydrogens is 1060 g/mol. The first-order valence-electron chi connectivity index (χ1n) is 29.4. The van der Waals surface area contributed by atoms with Gasteiger partial charge in [-0.15, -0.1) is 33.3 Å². The molecule has 1 rings (SSSR count). The summed E-state index contributed by atoms with van der Waals surface area (Å²) in [5.74, 6) is 51.1. The third-order valence-corrected chi connectivity index (χ3v) is 46.1. The Bertz CT molecular complexity index is 2250. The van der Waals surface area contributed by atoms with Gasteiger partial charge in [-0.05, 0) is 215 Å². The largest absolute Gasteiger partial charge is 0.357 e. The lowest BCUT2D eigenvalue weighted by molar-refractivity contribution is 0.202. The van der Waals surface area contributed by atoms with Gasteiger partial charge in [-0.1, -0.05) is 125 Å². The van der Waals surface area contributed by atoms with Crippen LogP contribution in [0.4, 0.5) is 0 Å². The fourth-order valence-electron chi connectivity index (χ4n) is 9.08. The zero-order chi connectivity index (χ0) is 59.7. The van der Waals surface area contributed by atoms with Crippen LogP contribution in [0.1, 0.15) is 125 Å². The van der Waals surface area contributed by atoms with E-state index >= 15 is 0 Å². The van der Waals surface area contributed by atoms with Gasteiger partial charge >= 0.3 is 0 Å². The van der Waals surface area contributed by atoms with Crippen molar-refractivity contribution in [3.8, 4) is 140 Å². The second kappa shape index (κ2) is 31.1. The summed E-state index contributed by atoms with van der Waals surface area (Å²) < 4.78 is 0. The SMILES string of the molecule is CC[Si](C#CC1(O)C#CC(O)(C#C[Si](CC)(CC)CC)C#CC(O)(C#C[Si](CC)(CC)CC)C#CC(O)(C#C[Si](CC)(CC)CC)C#CC(O)(C#C[Si](CC)(CC)CC)C#CC(O)(C#C[Si](CC)(CC)CC)C#C1)(CC)CC. The number of rotatable bonds is 18. The topological polar surface area (TPSA) is 121 Å². The van der Waals surface area contributed by atoms with Crippen molar-refractivity contribution in [3.05, 3.63) is 0 Å². The average molecular weight is 1150 g/mol. The Balaban J connectivity index is 5.56. The van der Waals surface area contributed by atoms with Crippen LogP contribution in [0.15, 0.2) is 0 Å². The predicted molar refractivity (Wildman–Crippen MR) is 346 cm³/mol. The summed E-state index contributed by atoms with van der Waals surface area (Å²) in [7, 11) is -13.9. The number of aliphatic hydroxyl groups is 6. The Morgan fingerprint density at radius 2 is 0.269 bits per heavy atom. The standard InChI is InChI=1S/C66H96O6Si6/c1-19-73(20-2,21-3)55-49-61(67)37-39-62(68,50-56-74(22-4,23-5)24-6)41-43-64(70,52-58-76(28-10,29-11)30-12)45-47-66(72,54-60-78(34-16,35-17)36-18)48-46-65(71,53-59-77(31-13,32-14)33-15)44-42-63(69,40-38-61)51-57-75(25-7,26-8)27-9/h67-72H,19-36H2,1-18H3. The van der Waals surface area contributed by atoms with Crippen LogP contribution < -0.4 is 0 Å². The van der Waals surface area contributed by atoms with E-state index in [2.05, 4.69) is 264 Å². The van der Waals surface area contributed by atoms with Gasteiger partial charge in [0.05, 0.1) is 0 Å². The molecule has 12 heteroatoms. The number of hydrogen-bond donors (Lipinski definition) is 6. The molecule has 0 aliphatic heterocycles. The third-order valence-electron chi connectivity index (χ3n) is 17.8. The molecule has 0 spiro atoms. The van der Waals surface area contributed by atoms with Crippen molar-refractivity contribution in [1.82, 2.24) is 0 Å². The highest BCUT2D eigenvalue weighted by Gasteiger charge is 2.35. The zero-order valence-electron chi connectivity index (χ0n) is 51.4. The second-order valence-electron chi connectivity index (χ2n) is 21.3. The van der Waals surface area contributed by atoms with Crippen LogP contribution in [0, 0.1) is 140 Å². The van der Waals surface area contributed by atoms with Crippen LogP contribution in [0.25, 0.3) is 0 Å². The van der Waals surface area contributed by atoms with Gasteiger partial charge in [-0.2, -0.15) is 0 Å². The Morgan fingerprint density at radius 1 is 0.192 bits per heavy atom. The van der Waals surface area contributed by atoms with Crippen LogP contribution in [-0.4, -0.2) is 113 Å². The molecule has 0 fully saturated rings. The van der Waals surface area contributed by atoms with Gasteiger partial charge in [0, 0.05) is 0 Å². The zero-order valence-corrected chi connectivity index (χ0v) is 57.4. The lowest BCUT2D eigenvalue weighted by Crippen LogP contribution is -2.35. The molecule has 420 valence electrons. The van der Waals surface area contributed by atoms with E-state index in [0.29, 0.717) is 0 Å². The fraction of sp³-hybridized carbons (Fsp3) is 0.636. The normalized spacial score (nSPS) is 24.0. The van der Waals surface area contributed by atoms with E-state index in [-0.39, 0.29) is 0 Å². The first-order valence-corrected chi connectivity index (χ1v) is 45.2. The summed E-state index contributed by atoms with van der Waals surface area (Å²) in [4.78, 5) is 0. The Kier molecular flexibility index (Phi) is 28.6. The van der Waals surface area contributed by atoms with Gasteiger partial charge in [0.2, 0.25) is 0 Å². The lowest BCUT2D eigenvalue weighted by Gasteiger charge is -2.22. The van der Waals surface area contributed by atoms with Crippen LogP contribution in [0.2, 0.25) is 109 Å². The second-order valence-corrected chi connectivity index (χ2v) is 50.9. The summed E-state index contributed by atoms with van der Waals surface area (Å²) in [6.45, 7) is 37.4. The van der Waals surface area contributed by atoms with Gasteiger partial charge in [0.1, 0.15) is 48.4 Å². The Labute approximate surface area is 482 Å². The molecule has 0 aromatic heterocycles. The van der Waals surface area contributed by atoms with Crippen molar-refractivity contribution in [2.24, 2.45) is 0 Å². The summed E-state index contributed by atoms with van der Waals surface area (Å²) >= 11 is 0. The Morgan fingerprint density at radius 3 is 0.333 bits per heavy atom. The minimum Gasteiger partial charge on any atom is -0.357 e. The average Bonchev–Trinajstić information content (AvgIpc) is 3.47. The quantitative estimate of drug-likeness (QED) is 0.0601. The molecule has 0 aromatic carbocycles. The first-order chi connectivity index (χ1) is 36.6. The minimum absolute atomic E-state index is 0.790. The smallest absolute Gasteiger partial charge is 0.251 e. The van der Waals surface area contributed by atoms with Crippen LogP contribution >= 0.6 is 0 Å². The number of hydrogen-bond acceptors (Lipinski definition) is 6. The van der Waals surface area contributed by atoms with Gasteiger partial charge in [-0.25, -0.2) is 0 Å². The van der Waals surface area contributed by atoms with Gasteiger partial charge < -0.3 is 30.6 Å². The summed E-state index contributed by atoms with van der Waals surface area (Å²) in [6.07, 6.45) is 0. The Hall–Kier alpha value is -4.22. The van der Waals surface area contributed by atoms with Crippen molar-refractivity contribution in [2.45, 2.75) is 267 Å². The van der Waals surface area contributed by atoms with Crippen molar-refractivity contribution in [3.63, 3.8) is 0 Å². The molecule has 0 radical (unpaired) electrons. The molecule has 6 N–H and O–H groups in total. The highest BCUT2D eigenvalue weighted by molar-refractivity contribution is 6.89. The highest BCUT2D eigenvalue weighted by atomic mass is 28.3. The van der Waals surface area contributed by atoms with E-state index in [4.69, 9.17) is 0 Å². The molecule has 78 heavy (non-hydrogen) atoms. The molecule has 1 aliphatic rings. The van der Waals surface area contributed by atoms with Crippen molar-refractivity contribution in [1.29, 1.82) is 0 Å². The maximum absolute atomic E-state index is 12.7. The molecule has 0 unspecified atom stereocenters. The first kappa shape index (κ1) is 71.8. The summed E-state index contributed by atoms with van der Waals surface area (Å²) in [5.41, 5.74) is 5.34. The highest BCUT2D eigenvalue weighted by Crippen LogP contribution is 2.25. The van der Waals surface area contributed by atoms with Gasteiger partial charge in [0.15, 0.2) is 0 Å². The molecule has 6 nitrogen and oxygen atoms in total. The van der Waals surface area contributed by atoms with E-state index in [1.54, 1.807) is 0 Å². The third kappa shape index (κ3) is 20.1. The van der Waals surface area contributed by atoms with Crippen LogP contribution in [-0.2, 0) is 0 Å². The van der Waals surface area contributed by atoms with Gasteiger partial charge in [0.25, 0.3) is 33.6 Å². The lowest BCUT2D eigenvalue weighted by atomic mass is 9.96. The molecule has 0 bridgehead atoms. The van der Waals surface area contributed by atoms with Crippen molar-refractivity contribution in [2.75, 3.05) is 0 Å². The fourth-order valence-corrected chi connectivity index (χ4v) is 23.9. The molecule has 0 aromatic rings. The molecule has 0 atom stereocenters. The van der Waals surface area contributed by atoms with Crippen molar-refractivity contribution < 1.29 is 30.6 Å². The van der Waals surface area contributed by atoms with Gasteiger partial charge in [-0.3, -0.25) is 0 Å². The van der Waals surface area contributed by atoms with Crippen LogP contribution in [0.5, 0.6) is 0 Å².